The topological polar surface area (TPSA) is 84.6 Å². The minimum Gasteiger partial charge on any atom is -0.484 e. The van der Waals surface area contributed by atoms with Crippen LogP contribution in [-0.2, 0) is 11.3 Å². The Balaban J connectivity index is 2.36. The van der Waals surface area contributed by atoms with Crippen LogP contribution < -0.4 is 15.8 Å². The number of carbonyl (C=O) groups is 1. The van der Waals surface area contributed by atoms with E-state index in [-0.39, 0.29) is 25.2 Å². The zero-order valence-electron chi connectivity index (χ0n) is 9.85. The van der Waals surface area contributed by atoms with E-state index < -0.39 is 0 Å². The van der Waals surface area contributed by atoms with Crippen molar-refractivity contribution < 1.29 is 14.6 Å². The summed E-state index contributed by atoms with van der Waals surface area (Å²) in [5.74, 6) is 0.364. The molecule has 17 heavy (non-hydrogen) atoms. The molecule has 94 valence electrons. The second-order valence-corrected chi connectivity index (χ2v) is 3.79. The Bertz CT molecular complexity index is 351. The largest absolute Gasteiger partial charge is 0.484 e. The molecule has 0 unspecified atom stereocenters. The summed E-state index contributed by atoms with van der Waals surface area (Å²) >= 11 is 0. The maximum absolute atomic E-state index is 11.3. The minimum atomic E-state index is -0.259. The molecule has 0 aromatic heterocycles. The second kappa shape index (κ2) is 6.88. The van der Waals surface area contributed by atoms with Crippen LogP contribution in [0.2, 0.25) is 0 Å². The van der Waals surface area contributed by atoms with Gasteiger partial charge in [-0.2, -0.15) is 0 Å². The highest BCUT2D eigenvalue weighted by Gasteiger charge is 2.06. The van der Waals surface area contributed by atoms with Crippen molar-refractivity contribution in [2.45, 2.75) is 19.5 Å². The Morgan fingerprint density at radius 3 is 2.65 bits per heavy atom. The molecular formula is C12H18N2O3. The molecule has 0 aliphatic rings. The first-order chi connectivity index (χ1) is 8.15. The second-order valence-electron chi connectivity index (χ2n) is 3.79. The Morgan fingerprint density at radius 1 is 1.47 bits per heavy atom. The first-order valence-corrected chi connectivity index (χ1v) is 5.47. The van der Waals surface area contributed by atoms with Crippen molar-refractivity contribution in [1.29, 1.82) is 0 Å². The number of carbonyl (C=O) groups excluding carboxylic acids is 1. The molecule has 0 spiro atoms. The average Bonchev–Trinajstić information content (AvgIpc) is 2.36. The van der Waals surface area contributed by atoms with E-state index in [1.807, 2.05) is 12.1 Å². The van der Waals surface area contributed by atoms with Gasteiger partial charge in [0, 0.05) is 12.6 Å². The summed E-state index contributed by atoms with van der Waals surface area (Å²) in [5, 5.41) is 11.3. The first kappa shape index (κ1) is 13.5. The zero-order chi connectivity index (χ0) is 12.7. The zero-order valence-corrected chi connectivity index (χ0v) is 9.85. The standard InChI is InChI=1S/C12H18N2O3/c1-9(7-15)14-12(16)8-17-11-4-2-10(6-13)3-5-11/h2-5,9,15H,6-8,13H2,1H3,(H,14,16)/t9-/m1/s1. The highest BCUT2D eigenvalue weighted by Crippen LogP contribution is 2.11. The summed E-state index contributed by atoms with van der Waals surface area (Å²) in [6.45, 7) is 2.05. The molecule has 5 heteroatoms. The van der Waals surface area contributed by atoms with Gasteiger partial charge >= 0.3 is 0 Å². The van der Waals surface area contributed by atoms with Crippen molar-refractivity contribution >= 4 is 5.91 Å². The number of amides is 1. The lowest BCUT2D eigenvalue weighted by molar-refractivity contribution is -0.123. The highest BCUT2D eigenvalue weighted by molar-refractivity contribution is 5.77. The van der Waals surface area contributed by atoms with Gasteiger partial charge in [0.25, 0.3) is 5.91 Å². The monoisotopic (exact) mass is 238 g/mol. The number of hydrogen-bond donors (Lipinski definition) is 3. The molecule has 5 nitrogen and oxygen atoms in total. The Kier molecular flexibility index (Phi) is 5.45. The third-order valence-electron chi connectivity index (χ3n) is 2.21. The molecule has 0 aliphatic carbocycles. The molecule has 1 amide bonds. The predicted octanol–water partition coefficient (Wildman–Crippen LogP) is 0.0211. The summed E-state index contributed by atoms with van der Waals surface area (Å²) in [7, 11) is 0. The fourth-order valence-corrected chi connectivity index (χ4v) is 1.23. The molecule has 0 radical (unpaired) electrons. The normalized spacial score (nSPS) is 11.9. The van der Waals surface area contributed by atoms with Gasteiger partial charge in [0.15, 0.2) is 6.61 Å². The Labute approximate surface area is 101 Å². The SMILES string of the molecule is C[C@H](CO)NC(=O)COc1ccc(CN)cc1. The van der Waals surface area contributed by atoms with E-state index >= 15 is 0 Å². The molecule has 1 aromatic rings. The Morgan fingerprint density at radius 2 is 2.12 bits per heavy atom. The van der Waals surface area contributed by atoms with E-state index in [1.165, 1.54) is 0 Å². The fraction of sp³-hybridized carbons (Fsp3) is 0.417. The molecule has 1 atom stereocenters. The predicted molar refractivity (Wildman–Crippen MR) is 64.5 cm³/mol. The summed E-state index contributed by atoms with van der Waals surface area (Å²) in [5.41, 5.74) is 6.47. The number of aliphatic hydroxyl groups is 1. The number of rotatable bonds is 6. The van der Waals surface area contributed by atoms with Gasteiger partial charge in [-0.3, -0.25) is 4.79 Å². The lowest BCUT2D eigenvalue weighted by Crippen LogP contribution is -2.38. The van der Waals surface area contributed by atoms with Crippen LogP contribution >= 0.6 is 0 Å². The molecule has 0 fully saturated rings. The Hall–Kier alpha value is -1.59. The fourth-order valence-electron chi connectivity index (χ4n) is 1.23. The van der Waals surface area contributed by atoms with Gasteiger partial charge in [0.1, 0.15) is 5.75 Å². The minimum absolute atomic E-state index is 0.0632. The number of hydrogen-bond acceptors (Lipinski definition) is 4. The average molecular weight is 238 g/mol. The van der Waals surface area contributed by atoms with Gasteiger partial charge in [-0.05, 0) is 24.6 Å². The summed E-state index contributed by atoms with van der Waals surface area (Å²) in [4.78, 5) is 11.3. The number of aliphatic hydroxyl groups excluding tert-OH is 1. The quantitative estimate of drug-likeness (QED) is 0.652. The van der Waals surface area contributed by atoms with E-state index in [1.54, 1.807) is 19.1 Å². The number of nitrogens with one attached hydrogen (secondary N) is 1. The van der Waals surface area contributed by atoms with Crippen molar-refractivity contribution in [2.24, 2.45) is 5.73 Å². The van der Waals surface area contributed by atoms with Gasteiger partial charge in [0.2, 0.25) is 0 Å². The first-order valence-electron chi connectivity index (χ1n) is 5.47. The number of nitrogens with two attached hydrogens (primary N) is 1. The summed E-state index contributed by atoms with van der Waals surface area (Å²) in [6, 6.07) is 6.98. The van der Waals surface area contributed by atoms with Gasteiger partial charge in [-0.15, -0.1) is 0 Å². The van der Waals surface area contributed by atoms with Gasteiger partial charge in [-0.1, -0.05) is 12.1 Å². The van der Waals surface area contributed by atoms with Crippen molar-refractivity contribution in [2.75, 3.05) is 13.2 Å². The van der Waals surface area contributed by atoms with Crippen LogP contribution in [0.1, 0.15) is 12.5 Å². The molecule has 0 aliphatic heterocycles. The number of benzene rings is 1. The maximum Gasteiger partial charge on any atom is 0.258 e. The molecule has 0 saturated heterocycles. The van der Waals surface area contributed by atoms with Gasteiger partial charge < -0.3 is 20.9 Å². The van der Waals surface area contributed by atoms with Crippen molar-refractivity contribution in [3.63, 3.8) is 0 Å². The van der Waals surface area contributed by atoms with Crippen LogP contribution in [0, 0.1) is 0 Å². The van der Waals surface area contributed by atoms with Crippen LogP contribution in [-0.4, -0.2) is 30.3 Å². The van der Waals surface area contributed by atoms with E-state index in [4.69, 9.17) is 15.6 Å². The van der Waals surface area contributed by atoms with Crippen LogP contribution in [0.4, 0.5) is 0 Å². The molecule has 0 saturated carbocycles. The van der Waals surface area contributed by atoms with Crippen molar-refractivity contribution in [3.8, 4) is 5.75 Å². The maximum atomic E-state index is 11.3. The highest BCUT2D eigenvalue weighted by atomic mass is 16.5. The van der Waals surface area contributed by atoms with Crippen LogP contribution in [0.5, 0.6) is 5.75 Å². The van der Waals surface area contributed by atoms with Crippen molar-refractivity contribution in [1.82, 2.24) is 5.32 Å². The van der Waals surface area contributed by atoms with Crippen LogP contribution in [0.25, 0.3) is 0 Å². The van der Waals surface area contributed by atoms with Crippen LogP contribution in [0.3, 0.4) is 0 Å². The molecule has 0 heterocycles. The molecule has 1 rings (SSSR count). The van der Waals surface area contributed by atoms with E-state index in [2.05, 4.69) is 5.32 Å². The lowest BCUT2D eigenvalue weighted by Gasteiger charge is -2.11. The van der Waals surface area contributed by atoms with Gasteiger partial charge in [-0.25, -0.2) is 0 Å². The third kappa shape index (κ3) is 4.84. The summed E-state index contributed by atoms with van der Waals surface area (Å²) in [6.07, 6.45) is 0. The summed E-state index contributed by atoms with van der Waals surface area (Å²) < 4.78 is 5.28. The molecule has 4 N–H and O–H groups in total. The van der Waals surface area contributed by atoms with Crippen molar-refractivity contribution in [3.05, 3.63) is 29.8 Å². The van der Waals surface area contributed by atoms with E-state index in [9.17, 15) is 4.79 Å². The van der Waals surface area contributed by atoms with E-state index in [0.717, 1.165) is 5.56 Å². The molecule has 0 bridgehead atoms. The molecular weight excluding hydrogens is 220 g/mol. The van der Waals surface area contributed by atoms with E-state index in [0.29, 0.717) is 12.3 Å². The van der Waals surface area contributed by atoms with Gasteiger partial charge in [0.05, 0.1) is 6.61 Å². The number of ether oxygens (including phenoxy) is 1. The third-order valence-corrected chi connectivity index (χ3v) is 2.21. The van der Waals surface area contributed by atoms with Crippen LogP contribution in [0.15, 0.2) is 24.3 Å². The smallest absolute Gasteiger partial charge is 0.258 e. The lowest BCUT2D eigenvalue weighted by atomic mass is 10.2. The molecule has 1 aromatic carbocycles.